The van der Waals surface area contributed by atoms with Gasteiger partial charge in [-0.25, -0.2) is 0 Å². The van der Waals surface area contributed by atoms with Crippen LogP contribution in [0.5, 0.6) is 0 Å². The summed E-state index contributed by atoms with van der Waals surface area (Å²) in [6, 6.07) is 12.3. The van der Waals surface area contributed by atoms with E-state index in [0.29, 0.717) is 5.69 Å². The van der Waals surface area contributed by atoms with E-state index in [1.165, 1.54) is 23.3 Å². The minimum absolute atomic E-state index is 0.0356. The number of nitro benzene ring substituents is 1. The van der Waals surface area contributed by atoms with Gasteiger partial charge in [0, 0.05) is 30.1 Å². The molecule has 2 aromatic rings. The molecule has 0 unspecified atom stereocenters. The van der Waals surface area contributed by atoms with Crippen molar-refractivity contribution < 1.29 is 9.72 Å². The number of fused-ring (bicyclic) bond motifs is 1. The third kappa shape index (κ3) is 3.53. The Hall–Kier alpha value is -2.89. The second kappa shape index (κ2) is 6.70. The molecule has 0 aliphatic carbocycles. The van der Waals surface area contributed by atoms with Gasteiger partial charge in [0.05, 0.1) is 11.5 Å². The Balaban J connectivity index is 1.70. The molecule has 0 radical (unpaired) electrons. The zero-order valence-corrected chi connectivity index (χ0v) is 13.5. The normalized spacial score (nSPS) is 13.3. The van der Waals surface area contributed by atoms with Gasteiger partial charge in [-0.15, -0.1) is 0 Å². The molecule has 6 nitrogen and oxygen atoms in total. The third-order valence-electron chi connectivity index (χ3n) is 4.13. The van der Waals surface area contributed by atoms with Crippen molar-refractivity contribution in [3.05, 3.63) is 63.7 Å². The highest BCUT2D eigenvalue weighted by molar-refractivity contribution is 5.94. The maximum Gasteiger partial charge on any atom is 0.271 e. The van der Waals surface area contributed by atoms with Crippen LogP contribution in [0.15, 0.2) is 42.5 Å². The lowest BCUT2D eigenvalue weighted by Crippen LogP contribution is -2.36. The Kier molecular flexibility index (Phi) is 4.46. The molecule has 1 aliphatic heterocycles. The van der Waals surface area contributed by atoms with Crippen LogP contribution < -0.4 is 10.2 Å². The summed E-state index contributed by atoms with van der Waals surface area (Å²) < 4.78 is 0. The van der Waals surface area contributed by atoms with E-state index < -0.39 is 4.92 Å². The number of anilines is 2. The summed E-state index contributed by atoms with van der Waals surface area (Å²) in [4.78, 5) is 24.7. The van der Waals surface area contributed by atoms with Crippen LogP contribution >= 0.6 is 0 Å². The van der Waals surface area contributed by atoms with E-state index in [4.69, 9.17) is 0 Å². The van der Waals surface area contributed by atoms with Gasteiger partial charge in [0.25, 0.3) is 5.69 Å². The van der Waals surface area contributed by atoms with Gasteiger partial charge in [0.1, 0.15) is 0 Å². The summed E-state index contributed by atoms with van der Waals surface area (Å²) in [5, 5.41) is 13.5. The van der Waals surface area contributed by atoms with Crippen LogP contribution in [0.2, 0.25) is 0 Å². The first-order valence-electron chi connectivity index (χ1n) is 7.92. The third-order valence-corrected chi connectivity index (χ3v) is 4.13. The first-order chi connectivity index (χ1) is 11.5. The van der Waals surface area contributed by atoms with Crippen molar-refractivity contribution in [2.75, 3.05) is 23.3 Å². The minimum Gasteiger partial charge on any atom is -0.362 e. The Morgan fingerprint density at radius 2 is 2.12 bits per heavy atom. The fraction of sp³-hybridized carbons (Fsp3) is 0.278. The molecule has 6 heteroatoms. The Morgan fingerprint density at radius 1 is 1.29 bits per heavy atom. The fourth-order valence-electron chi connectivity index (χ4n) is 3.04. The average molecular weight is 325 g/mol. The fourth-order valence-corrected chi connectivity index (χ4v) is 3.04. The van der Waals surface area contributed by atoms with E-state index in [-0.39, 0.29) is 18.1 Å². The van der Waals surface area contributed by atoms with E-state index in [9.17, 15) is 14.9 Å². The lowest BCUT2D eigenvalue weighted by atomic mass is 9.99. The number of hydrogen-bond acceptors (Lipinski definition) is 4. The molecular formula is C18H19N3O3. The van der Waals surface area contributed by atoms with Gasteiger partial charge in [0.2, 0.25) is 5.91 Å². The summed E-state index contributed by atoms with van der Waals surface area (Å²) in [5.74, 6) is -0.177. The van der Waals surface area contributed by atoms with Gasteiger partial charge in [-0.1, -0.05) is 23.8 Å². The van der Waals surface area contributed by atoms with Crippen LogP contribution in [0.4, 0.5) is 17.1 Å². The van der Waals surface area contributed by atoms with Crippen LogP contribution in [0.25, 0.3) is 0 Å². The summed E-state index contributed by atoms with van der Waals surface area (Å²) >= 11 is 0. The highest BCUT2D eigenvalue weighted by Gasteiger charge is 2.19. The number of benzene rings is 2. The molecule has 0 bridgehead atoms. The van der Waals surface area contributed by atoms with Gasteiger partial charge in [-0.2, -0.15) is 0 Å². The maximum absolute atomic E-state index is 12.3. The molecule has 124 valence electrons. The molecular weight excluding hydrogens is 306 g/mol. The standard InChI is InChI=1S/C18H19N3O3/c1-13-7-8-17-14(10-13)4-3-9-20(17)12-18(22)19-15-5-2-6-16(11-15)21(23)24/h2,5-8,10-11H,3-4,9,12H2,1H3,(H,19,22). The Morgan fingerprint density at radius 3 is 2.92 bits per heavy atom. The van der Waals surface area contributed by atoms with Crippen LogP contribution in [0, 0.1) is 17.0 Å². The van der Waals surface area contributed by atoms with Crippen molar-refractivity contribution in [3.63, 3.8) is 0 Å². The molecule has 0 atom stereocenters. The topological polar surface area (TPSA) is 75.5 Å². The number of carbonyl (C=O) groups is 1. The number of non-ortho nitro benzene ring substituents is 1. The largest absolute Gasteiger partial charge is 0.362 e. The molecule has 1 N–H and O–H groups in total. The van der Waals surface area contributed by atoms with Crippen LogP contribution in [-0.2, 0) is 11.2 Å². The predicted octanol–water partition coefficient (Wildman–Crippen LogP) is 3.29. The molecule has 1 aliphatic rings. The van der Waals surface area contributed by atoms with Crippen molar-refractivity contribution >= 4 is 23.0 Å². The van der Waals surface area contributed by atoms with Crippen LogP contribution in [0.3, 0.4) is 0 Å². The number of carbonyl (C=O) groups excluding carboxylic acids is 1. The van der Waals surface area contributed by atoms with E-state index in [1.54, 1.807) is 12.1 Å². The highest BCUT2D eigenvalue weighted by atomic mass is 16.6. The number of nitro groups is 1. The SMILES string of the molecule is Cc1ccc2c(c1)CCCN2CC(=O)Nc1cccc([N+](=O)[O-])c1. The average Bonchev–Trinajstić information content (AvgIpc) is 2.55. The summed E-state index contributed by atoms with van der Waals surface area (Å²) in [6.07, 6.45) is 2.04. The quantitative estimate of drug-likeness (QED) is 0.691. The van der Waals surface area contributed by atoms with Crippen LogP contribution in [-0.4, -0.2) is 23.9 Å². The monoisotopic (exact) mass is 325 g/mol. The minimum atomic E-state index is -0.473. The van der Waals surface area contributed by atoms with Gasteiger partial charge in [-0.05, 0) is 37.5 Å². The highest BCUT2D eigenvalue weighted by Crippen LogP contribution is 2.27. The second-order valence-electron chi connectivity index (χ2n) is 6.01. The lowest BCUT2D eigenvalue weighted by molar-refractivity contribution is -0.384. The van der Waals surface area contributed by atoms with Crippen molar-refractivity contribution in [3.8, 4) is 0 Å². The molecule has 0 aromatic heterocycles. The van der Waals surface area contributed by atoms with Gasteiger partial charge in [-0.3, -0.25) is 14.9 Å². The van der Waals surface area contributed by atoms with E-state index in [1.807, 2.05) is 0 Å². The first-order valence-corrected chi connectivity index (χ1v) is 7.92. The summed E-state index contributed by atoms with van der Waals surface area (Å²) in [6.45, 7) is 3.13. The zero-order chi connectivity index (χ0) is 17.1. The molecule has 0 saturated carbocycles. The molecule has 1 amide bonds. The molecule has 0 fully saturated rings. The number of aryl methyl sites for hydroxylation is 2. The van der Waals surface area contributed by atoms with Crippen LogP contribution in [0.1, 0.15) is 17.5 Å². The smallest absolute Gasteiger partial charge is 0.271 e. The Labute approximate surface area is 140 Å². The van der Waals surface area contributed by atoms with E-state index >= 15 is 0 Å². The number of nitrogens with zero attached hydrogens (tertiary/aromatic N) is 2. The van der Waals surface area contributed by atoms with Crippen molar-refractivity contribution in [1.82, 2.24) is 0 Å². The number of rotatable bonds is 4. The van der Waals surface area contributed by atoms with Gasteiger partial charge < -0.3 is 10.2 Å². The molecule has 0 spiro atoms. The van der Waals surface area contributed by atoms with Crippen molar-refractivity contribution in [2.45, 2.75) is 19.8 Å². The van der Waals surface area contributed by atoms with Crippen molar-refractivity contribution in [2.24, 2.45) is 0 Å². The second-order valence-corrected chi connectivity index (χ2v) is 6.01. The molecule has 1 heterocycles. The van der Waals surface area contributed by atoms with Crippen molar-refractivity contribution in [1.29, 1.82) is 0 Å². The maximum atomic E-state index is 12.3. The summed E-state index contributed by atoms with van der Waals surface area (Å²) in [5.41, 5.74) is 3.99. The summed E-state index contributed by atoms with van der Waals surface area (Å²) in [7, 11) is 0. The van der Waals surface area contributed by atoms with E-state index in [0.717, 1.165) is 25.1 Å². The lowest BCUT2D eigenvalue weighted by Gasteiger charge is -2.31. The molecule has 24 heavy (non-hydrogen) atoms. The Bertz CT molecular complexity index is 789. The molecule has 3 rings (SSSR count). The number of amides is 1. The molecule has 2 aromatic carbocycles. The van der Waals surface area contributed by atoms with Gasteiger partial charge >= 0.3 is 0 Å². The molecule has 0 saturated heterocycles. The first kappa shape index (κ1) is 16.0. The predicted molar refractivity (Wildman–Crippen MR) is 93.4 cm³/mol. The van der Waals surface area contributed by atoms with Gasteiger partial charge in [0.15, 0.2) is 0 Å². The zero-order valence-electron chi connectivity index (χ0n) is 13.5. The number of hydrogen-bond donors (Lipinski definition) is 1. The van der Waals surface area contributed by atoms with E-state index in [2.05, 4.69) is 35.3 Å². The number of nitrogens with one attached hydrogen (secondary N) is 1.